The smallest absolute Gasteiger partial charge is 0.353 e. The van der Waals surface area contributed by atoms with Crippen LogP contribution in [0.1, 0.15) is 34.7 Å². The topological polar surface area (TPSA) is 98.2 Å². The number of aliphatic carboxylic acids is 1. The first kappa shape index (κ1) is 19.2. The molecule has 0 aliphatic heterocycles. The van der Waals surface area contributed by atoms with E-state index < -0.39 is 22.9 Å². The van der Waals surface area contributed by atoms with Crippen LogP contribution in [0.4, 0.5) is 5.82 Å². The van der Waals surface area contributed by atoms with Crippen molar-refractivity contribution in [1.29, 1.82) is 0 Å². The van der Waals surface area contributed by atoms with E-state index in [-0.39, 0.29) is 5.75 Å². The molecule has 28 heavy (non-hydrogen) atoms. The molecule has 0 spiro atoms. The second-order valence-corrected chi connectivity index (χ2v) is 9.38. The Bertz CT molecular complexity index is 991. The molecule has 0 radical (unpaired) electrons. The van der Waals surface area contributed by atoms with E-state index in [9.17, 15) is 9.35 Å². The van der Waals surface area contributed by atoms with Gasteiger partial charge in [0.05, 0.1) is 5.39 Å². The summed E-state index contributed by atoms with van der Waals surface area (Å²) in [4.78, 5) is 22.4. The fourth-order valence-electron chi connectivity index (χ4n) is 3.51. The van der Waals surface area contributed by atoms with Gasteiger partial charge in [0.1, 0.15) is 10.6 Å². The number of carbonyl (C=O) groups is 1. The van der Waals surface area contributed by atoms with Gasteiger partial charge in [-0.05, 0) is 48.0 Å². The Morgan fingerprint density at radius 1 is 1.21 bits per heavy atom. The van der Waals surface area contributed by atoms with Gasteiger partial charge in [0.2, 0.25) is 5.75 Å². The van der Waals surface area contributed by atoms with Crippen molar-refractivity contribution >= 4 is 44.5 Å². The van der Waals surface area contributed by atoms with Crippen molar-refractivity contribution in [2.24, 2.45) is 0 Å². The van der Waals surface area contributed by atoms with Crippen molar-refractivity contribution in [3.63, 3.8) is 0 Å². The molecular formula is C20H21N3O3S2. The molecule has 1 aliphatic rings. The van der Waals surface area contributed by atoms with E-state index in [2.05, 4.69) is 27.4 Å². The van der Waals surface area contributed by atoms with Crippen LogP contribution in [0, 0.1) is 0 Å². The molecule has 2 aromatic heterocycles. The zero-order chi connectivity index (χ0) is 19.5. The van der Waals surface area contributed by atoms with E-state index >= 15 is 0 Å². The normalized spacial score (nSPS) is 14.6. The number of hydrogen-bond acceptors (Lipinski definition) is 6. The average molecular weight is 416 g/mol. The Labute approximate surface area is 170 Å². The maximum absolute atomic E-state index is 12.1. The number of carboxylic acids is 1. The zero-order valence-electron chi connectivity index (χ0n) is 15.3. The van der Waals surface area contributed by atoms with Gasteiger partial charge < -0.3 is 15.0 Å². The van der Waals surface area contributed by atoms with Crippen molar-refractivity contribution in [3.05, 3.63) is 52.2 Å². The van der Waals surface area contributed by atoms with Crippen LogP contribution in [0.15, 0.2) is 30.3 Å². The zero-order valence-corrected chi connectivity index (χ0v) is 16.9. The number of nitrogens with one attached hydrogen (secondary N) is 1. The van der Waals surface area contributed by atoms with Crippen molar-refractivity contribution in [1.82, 2.24) is 9.97 Å². The highest BCUT2D eigenvalue weighted by Gasteiger charge is 2.23. The number of anilines is 1. The maximum Gasteiger partial charge on any atom is 0.353 e. The fourth-order valence-corrected chi connectivity index (χ4v) is 5.58. The van der Waals surface area contributed by atoms with Crippen molar-refractivity contribution in [2.75, 3.05) is 11.1 Å². The molecule has 1 atom stereocenters. The number of fused-ring (bicyclic) bond motifs is 3. The highest BCUT2D eigenvalue weighted by molar-refractivity contribution is 7.91. The van der Waals surface area contributed by atoms with E-state index in [0.29, 0.717) is 12.4 Å². The Balaban J connectivity index is 1.68. The number of nitrogens with zero attached hydrogens (tertiary/aromatic N) is 2. The predicted molar refractivity (Wildman–Crippen MR) is 112 cm³/mol. The number of thiophene rings is 1. The summed E-state index contributed by atoms with van der Waals surface area (Å²) in [5, 5.41) is 13.4. The lowest BCUT2D eigenvalue weighted by Gasteiger charge is -2.14. The lowest BCUT2D eigenvalue weighted by Crippen LogP contribution is -2.18. The molecule has 0 bridgehead atoms. The lowest BCUT2D eigenvalue weighted by molar-refractivity contribution is -0.134. The second-order valence-electron chi connectivity index (χ2n) is 6.84. The minimum Gasteiger partial charge on any atom is -0.616 e. The molecule has 8 heteroatoms. The van der Waals surface area contributed by atoms with Crippen LogP contribution in [0.2, 0.25) is 0 Å². The number of carboxylic acid groups (broad SMARTS) is 1. The first-order valence-electron chi connectivity index (χ1n) is 9.26. The molecule has 1 aromatic carbocycles. The lowest BCUT2D eigenvalue weighted by atomic mass is 9.97. The van der Waals surface area contributed by atoms with Crippen LogP contribution in [0.25, 0.3) is 10.2 Å². The largest absolute Gasteiger partial charge is 0.616 e. The van der Waals surface area contributed by atoms with E-state index in [4.69, 9.17) is 5.11 Å². The highest BCUT2D eigenvalue weighted by atomic mass is 32.2. The predicted octanol–water partition coefficient (Wildman–Crippen LogP) is 3.52. The summed E-state index contributed by atoms with van der Waals surface area (Å²) >= 11 is 0.155. The van der Waals surface area contributed by atoms with Crippen LogP contribution >= 0.6 is 11.3 Å². The molecular weight excluding hydrogens is 394 g/mol. The molecule has 0 saturated carbocycles. The van der Waals surface area contributed by atoms with E-state index in [1.807, 2.05) is 18.2 Å². The standard InChI is InChI=1S/C20H21N3O3S2/c24-17(25)12-28(26)11-16-22-19(21-10-13-6-2-1-3-7-13)18-14-8-4-5-9-15(14)27-20(18)23-16/h1-3,6-7H,4-5,8-12H2,(H,24,25)(H,21,22,23). The number of rotatable bonds is 7. The van der Waals surface area contributed by atoms with Crippen LogP contribution in [0.3, 0.4) is 0 Å². The van der Waals surface area contributed by atoms with Gasteiger partial charge in [0.15, 0.2) is 11.6 Å². The third-order valence-corrected chi connectivity index (χ3v) is 7.07. The van der Waals surface area contributed by atoms with E-state index in [0.717, 1.165) is 34.4 Å². The molecule has 1 unspecified atom stereocenters. The van der Waals surface area contributed by atoms with Crippen LogP contribution in [0.5, 0.6) is 0 Å². The van der Waals surface area contributed by atoms with Gasteiger partial charge in [-0.25, -0.2) is 14.8 Å². The summed E-state index contributed by atoms with van der Waals surface area (Å²) in [5.41, 5.74) is 2.48. The molecule has 3 aromatic rings. The monoisotopic (exact) mass is 415 g/mol. The third kappa shape index (κ3) is 4.29. The third-order valence-electron chi connectivity index (χ3n) is 4.74. The minimum atomic E-state index is -1.53. The van der Waals surface area contributed by atoms with Gasteiger partial charge in [-0.3, -0.25) is 0 Å². The number of benzene rings is 1. The van der Waals surface area contributed by atoms with Gasteiger partial charge in [-0.1, -0.05) is 30.3 Å². The molecule has 1 aliphatic carbocycles. The molecule has 6 nitrogen and oxygen atoms in total. The van der Waals surface area contributed by atoms with Crippen molar-refractivity contribution < 1.29 is 14.5 Å². The summed E-state index contributed by atoms with van der Waals surface area (Å²) in [5.74, 6) is -0.231. The summed E-state index contributed by atoms with van der Waals surface area (Å²) in [7, 11) is 0. The van der Waals surface area contributed by atoms with Crippen LogP contribution in [-0.2, 0) is 41.1 Å². The number of aryl methyl sites for hydroxylation is 2. The van der Waals surface area contributed by atoms with Gasteiger partial charge in [0.25, 0.3) is 0 Å². The Morgan fingerprint density at radius 2 is 2.00 bits per heavy atom. The molecule has 4 rings (SSSR count). The molecule has 0 fully saturated rings. The van der Waals surface area contributed by atoms with E-state index in [1.165, 1.54) is 23.3 Å². The van der Waals surface area contributed by atoms with Gasteiger partial charge in [-0.2, -0.15) is 0 Å². The molecule has 146 valence electrons. The quantitative estimate of drug-likeness (QED) is 0.573. The van der Waals surface area contributed by atoms with Gasteiger partial charge in [0, 0.05) is 11.4 Å². The van der Waals surface area contributed by atoms with Crippen molar-refractivity contribution in [3.8, 4) is 0 Å². The van der Waals surface area contributed by atoms with E-state index in [1.54, 1.807) is 11.3 Å². The first-order valence-corrected chi connectivity index (χ1v) is 11.6. The number of aromatic nitrogens is 2. The van der Waals surface area contributed by atoms with Gasteiger partial charge >= 0.3 is 5.97 Å². The molecule has 2 N–H and O–H groups in total. The number of hydrogen-bond donors (Lipinski definition) is 2. The van der Waals surface area contributed by atoms with Crippen molar-refractivity contribution in [2.45, 2.75) is 38.0 Å². The Morgan fingerprint density at radius 3 is 2.79 bits per heavy atom. The summed E-state index contributed by atoms with van der Waals surface area (Å²) in [6.45, 7) is 0.634. The highest BCUT2D eigenvalue weighted by Crippen LogP contribution is 2.38. The Hall–Kier alpha value is -2.16. The Kier molecular flexibility index (Phi) is 5.79. The van der Waals surface area contributed by atoms with Crippen LogP contribution < -0.4 is 5.32 Å². The molecule has 0 amide bonds. The summed E-state index contributed by atoms with van der Waals surface area (Å²) in [6.07, 6.45) is 4.45. The summed E-state index contributed by atoms with van der Waals surface area (Å²) in [6, 6.07) is 10.1. The maximum atomic E-state index is 12.1. The second kappa shape index (κ2) is 8.46. The van der Waals surface area contributed by atoms with Crippen LogP contribution in [-0.4, -0.2) is 31.3 Å². The molecule has 2 heterocycles. The van der Waals surface area contributed by atoms with Gasteiger partial charge in [-0.15, -0.1) is 11.3 Å². The fraction of sp³-hybridized carbons (Fsp3) is 0.350. The minimum absolute atomic E-state index is 0.0465. The average Bonchev–Trinajstić information content (AvgIpc) is 3.04. The SMILES string of the molecule is O=C(O)C[S+]([O-])Cc1nc(NCc2ccccc2)c2c3c(sc2n1)CCCC3. The first-order chi connectivity index (χ1) is 13.6. The molecule has 0 saturated heterocycles. The summed E-state index contributed by atoms with van der Waals surface area (Å²) < 4.78 is 12.1.